The Morgan fingerprint density at radius 3 is 2.23 bits per heavy atom. The first kappa shape index (κ1) is 27.8. The van der Waals surface area contributed by atoms with Crippen LogP contribution in [0.5, 0.6) is 11.5 Å². The SMILES string of the molecule is CC(C)[Si](OC1=CC(c2ccc3c(c2)OCO3)N(C(=O)OCc2ccccc2)c2ccccc21)(C(C)C)C(C)C. The van der Waals surface area contributed by atoms with E-state index in [-0.39, 0.29) is 13.4 Å². The smallest absolute Gasteiger partial charge is 0.415 e. The lowest BCUT2D eigenvalue weighted by atomic mass is 9.96. The second-order valence-corrected chi connectivity index (χ2v) is 16.8. The van der Waals surface area contributed by atoms with Crippen LogP contribution in [-0.2, 0) is 15.8 Å². The highest BCUT2D eigenvalue weighted by Crippen LogP contribution is 2.49. The van der Waals surface area contributed by atoms with E-state index < -0.39 is 20.5 Å². The molecule has 2 heterocycles. The Balaban J connectivity index is 1.61. The highest BCUT2D eigenvalue weighted by atomic mass is 28.4. The summed E-state index contributed by atoms with van der Waals surface area (Å²) in [5.74, 6) is 2.19. The summed E-state index contributed by atoms with van der Waals surface area (Å²) in [7, 11) is -2.29. The molecule has 0 saturated carbocycles. The van der Waals surface area contributed by atoms with Crippen molar-refractivity contribution in [1.29, 1.82) is 0 Å². The van der Waals surface area contributed by atoms with Gasteiger partial charge in [0.2, 0.25) is 6.79 Å². The van der Waals surface area contributed by atoms with Gasteiger partial charge in [0.1, 0.15) is 12.4 Å². The van der Waals surface area contributed by atoms with Crippen molar-refractivity contribution < 1.29 is 23.4 Å². The van der Waals surface area contributed by atoms with Gasteiger partial charge < -0.3 is 18.6 Å². The molecule has 2 aliphatic rings. The minimum Gasteiger partial charge on any atom is -0.542 e. The number of hydrogen-bond donors (Lipinski definition) is 0. The standard InChI is InChI=1S/C33H39NO5Si/c1-22(2)40(23(3)4,24(5)6)39-31-19-29(26-16-17-30-32(18-26)38-21-37-30)34(28-15-11-10-14-27(28)31)33(35)36-20-25-12-8-7-9-13-25/h7-19,22-24,29H,20-21H2,1-6H3. The Morgan fingerprint density at radius 2 is 1.52 bits per heavy atom. The van der Waals surface area contributed by atoms with Gasteiger partial charge in [-0.2, -0.15) is 0 Å². The fraction of sp³-hybridized carbons (Fsp3) is 0.364. The van der Waals surface area contributed by atoms with Gasteiger partial charge in [-0.05, 0) is 58.1 Å². The number of rotatable bonds is 8. The fourth-order valence-electron chi connectivity index (χ4n) is 6.33. The Labute approximate surface area is 238 Å². The number of benzene rings is 3. The topological polar surface area (TPSA) is 57.2 Å². The Morgan fingerprint density at radius 1 is 0.875 bits per heavy atom. The molecular formula is C33H39NO5Si. The molecule has 0 radical (unpaired) electrons. The maximum Gasteiger partial charge on any atom is 0.415 e. The van der Waals surface area contributed by atoms with Crippen molar-refractivity contribution in [3.05, 3.63) is 95.6 Å². The Bertz CT molecular complexity index is 1360. The van der Waals surface area contributed by atoms with Gasteiger partial charge in [-0.1, -0.05) is 90.1 Å². The van der Waals surface area contributed by atoms with E-state index in [0.717, 1.165) is 28.1 Å². The fourth-order valence-corrected chi connectivity index (χ4v) is 11.6. The normalized spacial score (nSPS) is 16.3. The zero-order valence-electron chi connectivity index (χ0n) is 24.2. The van der Waals surface area contributed by atoms with E-state index >= 15 is 0 Å². The van der Waals surface area contributed by atoms with E-state index in [1.54, 1.807) is 4.90 Å². The van der Waals surface area contributed by atoms with Crippen LogP contribution in [0.1, 0.15) is 64.3 Å². The summed E-state index contributed by atoms with van der Waals surface area (Å²) in [5.41, 5.74) is 4.69. The van der Waals surface area contributed by atoms with Crippen LogP contribution in [0, 0.1) is 0 Å². The average molecular weight is 558 g/mol. The molecule has 40 heavy (non-hydrogen) atoms. The molecule has 1 unspecified atom stereocenters. The first-order valence-corrected chi connectivity index (χ1v) is 16.3. The number of amides is 1. The monoisotopic (exact) mass is 557 g/mol. The van der Waals surface area contributed by atoms with Gasteiger partial charge in [-0.25, -0.2) is 4.79 Å². The van der Waals surface area contributed by atoms with Crippen LogP contribution in [0.2, 0.25) is 16.6 Å². The highest BCUT2D eigenvalue weighted by molar-refractivity contribution is 6.78. The van der Waals surface area contributed by atoms with Gasteiger partial charge in [-0.3, -0.25) is 4.90 Å². The van der Waals surface area contributed by atoms with Crippen LogP contribution >= 0.6 is 0 Å². The third-order valence-electron chi connectivity index (χ3n) is 8.15. The second-order valence-electron chi connectivity index (χ2n) is 11.4. The quantitative estimate of drug-likeness (QED) is 0.259. The number of para-hydroxylation sites is 1. The summed E-state index contributed by atoms with van der Waals surface area (Å²) in [6, 6.07) is 23.1. The number of ether oxygens (including phenoxy) is 3. The minimum absolute atomic E-state index is 0.184. The predicted octanol–water partition coefficient (Wildman–Crippen LogP) is 8.85. The lowest BCUT2D eigenvalue weighted by Crippen LogP contribution is -2.48. The van der Waals surface area contributed by atoms with E-state index in [9.17, 15) is 4.79 Å². The molecule has 2 aliphatic heterocycles. The lowest BCUT2D eigenvalue weighted by molar-refractivity contribution is 0.145. The number of carbonyl (C=O) groups is 1. The molecule has 0 saturated heterocycles. The van der Waals surface area contributed by atoms with E-state index in [2.05, 4.69) is 47.6 Å². The van der Waals surface area contributed by atoms with Crippen LogP contribution in [0.4, 0.5) is 10.5 Å². The molecule has 1 amide bonds. The molecule has 0 aromatic heterocycles. The van der Waals surface area contributed by atoms with Crippen LogP contribution < -0.4 is 14.4 Å². The second kappa shape index (κ2) is 11.4. The van der Waals surface area contributed by atoms with E-state index in [0.29, 0.717) is 28.1 Å². The van der Waals surface area contributed by atoms with Crippen molar-refractivity contribution in [2.24, 2.45) is 0 Å². The molecule has 7 heteroatoms. The minimum atomic E-state index is -2.29. The molecule has 1 atom stereocenters. The van der Waals surface area contributed by atoms with Crippen molar-refractivity contribution in [3.8, 4) is 11.5 Å². The molecule has 210 valence electrons. The summed E-state index contributed by atoms with van der Waals surface area (Å²) in [5, 5.41) is 0. The van der Waals surface area contributed by atoms with Crippen LogP contribution in [0.15, 0.2) is 78.9 Å². The first-order chi connectivity index (χ1) is 19.2. The van der Waals surface area contributed by atoms with Crippen LogP contribution in [-0.4, -0.2) is 21.2 Å². The number of fused-ring (bicyclic) bond motifs is 2. The van der Waals surface area contributed by atoms with Crippen molar-refractivity contribution in [2.45, 2.75) is 70.8 Å². The predicted molar refractivity (Wildman–Crippen MR) is 161 cm³/mol. The maximum atomic E-state index is 13.9. The average Bonchev–Trinajstić information content (AvgIpc) is 3.42. The van der Waals surface area contributed by atoms with Crippen molar-refractivity contribution in [3.63, 3.8) is 0 Å². The summed E-state index contributed by atoms with van der Waals surface area (Å²) < 4.78 is 24.4. The zero-order valence-corrected chi connectivity index (χ0v) is 25.2. The van der Waals surface area contributed by atoms with E-state index in [4.69, 9.17) is 18.6 Å². The molecule has 0 spiro atoms. The molecule has 5 rings (SSSR count). The molecule has 0 N–H and O–H groups in total. The van der Waals surface area contributed by atoms with Crippen LogP contribution in [0.25, 0.3) is 5.76 Å². The molecule has 0 bridgehead atoms. The molecule has 3 aromatic rings. The van der Waals surface area contributed by atoms with Crippen molar-refractivity contribution >= 4 is 25.9 Å². The Kier molecular flexibility index (Phi) is 7.94. The first-order valence-electron chi connectivity index (χ1n) is 14.1. The van der Waals surface area contributed by atoms with Crippen molar-refractivity contribution in [1.82, 2.24) is 0 Å². The molecule has 0 fully saturated rings. The van der Waals surface area contributed by atoms with E-state index in [1.807, 2.05) is 72.8 Å². The van der Waals surface area contributed by atoms with Gasteiger partial charge in [0.05, 0.1) is 11.7 Å². The third kappa shape index (κ3) is 5.10. The maximum absolute atomic E-state index is 13.9. The zero-order chi connectivity index (χ0) is 28.4. The van der Waals surface area contributed by atoms with Gasteiger partial charge in [-0.15, -0.1) is 0 Å². The summed E-state index contributed by atoms with van der Waals surface area (Å²) >= 11 is 0. The van der Waals surface area contributed by atoms with Crippen LogP contribution in [0.3, 0.4) is 0 Å². The van der Waals surface area contributed by atoms with E-state index in [1.165, 1.54) is 0 Å². The summed E-state index contributed by atoms with van der Waals surface area (Å²) in [4.78, 5) is 15.6. The number of hydrogen-bond acceptors (Lipinski definition) is 5. The van der Waals surface area contributed by atoms with Gasteiger partial charge in [0.25, 0.3) is 8.32 Å². The summed E-state index contributed by atoms with van der Waals surface area (Å²) in [6.45, 7) is 14.1. The Hall–Kier alpha value is -3.71. The third-order valence-corrected chi connectivity index (χ3v) is 14.1. The van der Waals surface area contributed by atoms with Gasteiger partial charge in [0.15, 0.2) is 11.5 Å². The number of carbonyl (C=O) groups excluding carboxylic acids is 1. The molecular weight excluding hydrogens is 518 g/mol. The molecule has 0 aliphatic carbocycles. The lowest BCUT2D eigenvalue weighted by Gasteiger charge is -2.45. The number of anilines is 1. The highest BCUT2D eigenvalue weighted by Gasteiger charge is 2.48. The summed E-state index contributed by atoms with van der Waals surface area (Å²) in [6.07, 6.45) is 1.66. The largest absolute Gasteiger partial charge is 0.542 e. The van der Waals surface area contributed by atoms with Crippen molar-refractivity contribution in [2.75, 3.05) is 11.7 Å². The number of nitrogens with zero attached hydrogens (tertiary/aromatic N) is 1. The molecule has 3 aromatic carbocycles. The van der Waals surface area contributed by atoms with Gasteiger partial charge in [0, 0.05) is 5.56 Å². The van der Waals surface area contributed by atoms with Gasteiger partial charge >= 0.3 is 6.09 Å². The molecule has 6 nitrogen and oxygen atoms in total.